The van der Waals surface area contributed by atoms with Crippen LogP contribution in [0.3, 0.4) is 0 Å². The molecular weight excluding hydrogens is 280 g/mol. The summed E-state index contributed by atoms with van der Waals surface area (Å²) in [6.07, 6.45) is 4.37. The molecule has 1 aliphatic rings. The van der Waals surface area contributed by atoms with Gasteiger partial charge in [0.2, 0.25) is 5.69 Å². The summed E-state index contributed by atoms with van der Waals surface area (Å²) in [6.45, 7) is 6.97. The minimum absolute atomic E-state index is 0.264. The lowest BCUT2D eigenvalue weighted by Gasteiger charge is -2.26. The van der Waals surface area contributed by atoms with Crippen LogP contribution in [0.25, 0.3) is 4.85 Å². The highest BCUT2D eigenvalue weighted by molar-refractivity contribution is 9.10. The molecular formula is C13H15BrN2O. The molecule has 90 valence electrons. The van der Waals surface area contributed by atoms with Crippen molar-refractivity contribution in [2.45, 2.75) is 37.8 Å². The molecule has 0 aliphatic heterocycles. The van der Waals surface area contributed by atoms with Gasteiger partial charge in [0.25, 0.3) is 0 Å². The molecule has 17 heavy (non-hydrogen) atoms. The smallest absolute Gasteiger partial charge is 0.201 e. The molecule has 0 radical (unpaired) electrons. The topological polar surface area (TPSA) is 39.6 Å². The monoisotopic (exact) mass is 294 g/mol. The summed E-state index contributed by atoms with van der Waals surface area (Å²) >= 11 is 3.37. The Morgan fingerprint density at radius 2 is 2.00 bits per heavy atom. The molecule has 3 nitrogen and oxygen atoms in total. The van der Waals surface area contributed by atoms with E-state index in [1.54, 1.807) is 6.07 Å². The summed E-state index contributed by atoms with van der Waals surface area (Å²) in [5, 5.41) is 0. The molecule has 0 unspecified atom stereocenters. The molecule has 1 fully saturated rings. The van der Waals surface area contributed by atoms with Crippen LogP contribution in [0.1, 0.15) is 25.7 Å². The first kappa shape index (κ1) is 12.4. The maximum atomic E-state index is 6.97. The largest absolute Gasteiger partial charge is 0.491 e. The van der Waals surface area contributed by atoms with E-state index in [1.165, 1.54) is 0 Å². The van der Waals surface area contributed by atoms with E-state index >= 15 is 0 Å². The first-order valence-corrected chi connectivity index (χ1v) is 6.57. The van der Waals surface area contributed by atoms with Crippen LogP contribution in [0.4, 0.5) is 5.69 Å². The van der Waals surface area contributed by atoms with Gasteiger partial charge >= 0.3 is 0 Å². The van der Waals surface area contributed by atoms with Gasteiger partial charge in [0.05, 0.1) is 12.7 Å². The minimum Gasteiger partial charge on any atom is -0.491 e. The van der Waals surface area contributed by atoms with Gasteiger partial charge in [0.1, 0.15) is 5.75 Å². The molecule has 0 bridgehead atoms. The second kappa shape index (κ2) is 5.52. The first-order valence-electron chi connectivity index (χ1n) is 5.78. The molecule has 1 aromatic carbocycles. The third-order valence-electron chi connectivity index (χ3n) is 3.06. The summed E-state index contributed by atoms with van der Waals surface area (Å²) in [7, 11) is 0. The maximum Gasteiger partial charge on any atom is 0.201 e. The first-order chi connectivity index (χ1) is 8.19. The third kappa shape index (κ3) is 3.21. The highest BCUT2D eigenvalue weighted by Crippen LogP contribution is 2.31. The fraction of sp³-hybridized carbons (Fsp3) is 0.462. The Balaban J connectivity index is 2.00. The van der Waals surface area contributed by atoms with Crippen molar-refractivity contribution in [3.63, 3.8) is 0 Å². The molecule has 1 aliphatic carbocycles. The average molecular weight is 295 g/mol. The van der Waals surface area contributed by atoms with Gasteiger partial charge < -0.3 is 10.5 Å². The SMILES string of the molecule is [C-]#[N+]c1ccc(OC2CCC(N)CC2)cc1Br. The molecule has 0 atom stereocenters. The Hall–Kier alpha value is -1.05. The molecule has 0 spiro atoms. The Labute approximate surface area is 110 Å². The van der Waals surface area contributed by atoms with Gasteiger partial charge in [-0.2, -0.15) is 0 Å². The van der Waals surface area contributed by atoms with Crippen molar-refractivity contribution in [2.75, 3.05) is 0 Å². The van der Waals surface area contributed by atoms with Crippen LogP contribution in [0, 0.1) is 6.57 Å². The van der Waals surface area contributed by atoms with Crippen molar-refractivity contribution < 1.29 is 4.74 Å². The quantitative estimate of drug-likeness (QED) is 0.846. The summed E-state index contributed by atoms with van der Waals surface area (Å²) in [6, 6.07) is 5.83. The molecule has 1 aromatic rings. The van der Waals surface area contributed by atoms with Crippen LogP contribution < -0.4 is 10.5 Å². The summed E-state index contributed by atoms with van der Waals surface area (Å²) in [5.74, 6) is 0.824. The fourth-order valence-electron chi connectivity index (χ4n) is 2.05. The van der Waals surface area contributed by atoms with Crippen LogP contribution in [0.2, 0.25) is 0 Å². The molecule has 2 rings (SSSR count). The molecule has 0 amide bonds. The number of nitrogens with zero attached hydrogens (tertiary/aromatic N) is 1. The van der Waals surface area contributed by atoms with Crippen molar-refractivity contribution in [3.8, 4) is 5.75 Å². The van der Waals surface area contributed by atoms with Gasteiger partial charge in [0, 0.05) is 10.5 Å². The lowest BCUT2D eigenvalue weighted by Crippen LogP contribution is -2.31. The van der Waals surface area contributed by atoms with Crippen molar-refractivity contribution >= 4 is 21.6 Å². The second-order valence-electron chi connectivity index (χ2n) is 4.38. The van der Waals surface area contributed by atoms with E-state index in [-0.39, 0.29) is 6.10 Å². The van der Waals surface area contributed by atoms with Crippen LogP contribution in [-0.4, -0.2) is 12.1 Å². The molecule has 0 heterocycles. The zero-order chi connectivity index (χ0) is 12.3. The molecule has 4 heteroatoms. The van der Waals surface area contributed by atoms with E-state index in [1.807, 2.05) is 12.1 Å². The molecule has 2 N–H and O–H groups in total. The lowest BCUT2D eigenvalue weighted by atomic mass is 9.94. The van der Waals surface area contributed by atoms with Crippen molar-refractivity contribution in [1.82, 2.24) is 0 Å². The zero-order valence-electron chi connectivity index (χ0n) is 9.53. The van der Waals surface area contributed by atoms with E-state index in [4.69, 9.17) is 17.0 Å². The zero-order valence-corrected chi connectivity index (χ0v) is 11.1. The predicted octanol–water partition coefficient (Wildman–Crippen LogP) is 3.65. The highest BCUT2D eigenvalue weighted by Gasteiger charge is 2.19. The number of benzene rings is 1. The maximum absolute atomic E-state index is 6.97. The van der Waals surface area contributed by atoms with Crippen LogP contribution in [-0.2, 0) is 0 Å². The Bertz CT molecular complexity index is 434. The standard InChI is InChI=1S/C13H15BrN2O/c1-16-13-7-6-11(8-12(13)14)17-10-4-2-9(15)3-5-10/h6-10H,2-5,15H2. The summed E-state index contributed by atoms with van der Waals surface area (Å²) < 4.78 is 6.68. The third-order valence-corrected chi connectivity index (χ3v) is 3.70. The number of ether oxygens (including phenoxy) is 1. The van der Waals surface area contributed by atoms with Gasteiger partial charge in [-0.05, 0) is 37.8 Å². The Kier molecular flexibility index (Phi) is 4.03. The highest BCUT2D eigenvalue weighted by atomic mass is 79.9. The van der Waals surface area contributed by atoms with Gasteiger partial charge in [-0.25, -0.2) is 4.85 Å². The number of halogens is 1. The summed E-state index contributed by atoms with van der Waals surface area (Å²) in [4.78, 5) is 3.40. The van der Waals surface area contributed by atoms with E-state index in [2.05, 4.69) is 20.8 Å². The van der Waals surface area contributed by atoms with Gasteiger partial charge in [-0.1, -0.05) is 22.0 Å². The van der Waals surface area contributed by atoms with E-state index in [9.17, 15) is 0 Å². The fourth-order valence-corrected chi connectivity index (χ4v) is 2.50. The number of hydrogen-bond donors (Lipinski definition) is 1. The lowest BCUT2D eigenvalue weighted by molar-refractivity contribution is 0.147. The van der Waals surface area contributed by atoms with Gasteiger partial charge in [-0.3, -0.25) is 0 Å². The number of hydrogen-bond acceptors (Lipinski definition) is 2. The van der Waals surface area contributed by atoms with E-state index in [0.717, 1.165) is 35.9 Å². The van der Waals surface area contributed by atoms with E-state index in [0.29, 0.717) is 11.7 Å². The molecule has 0 saturated heterocycles. The van der Waals surface area contributed by atoms with E-state index < -0.39 is 0 Å². The van der Waals surface area contributed by atoms with Gasteiger partial charge in [-0.15, -0.1) is 0 Å². The minimum atomic E-state index is 0.264. The predicted molar refractivity (Wildman–Crippen MR) is 71.3 cm³/mol. The number of rotatable bonds is 2. The normalized spacial score (nSPS) is 24.1. The van der Waals surface area contributed by atoms with Gasteiger partial charge in [0.15, 0.2) is 0 Å². The number of nitrogens with two attached hydrogens (primary N) is 1. The second-order valence-corrected chi connectivity index (χ2v) is 5.23. The van der Waals surface area contributed by atoms with Crippen LogP contribution in [0.15, 0.2) is 22.7 Å². The Morgan fingerprint density at radius 3 is 2.59 bits per heavy atom. The molecule has 1 saturated carbocycles. The van der Waals surface area contributed by atoms with Crippen LogP contribution in [0.5, 0.6) is 5.75 Å². The molecule has 0 aromatic heterocycles. The summed E-state index contributed by atoms with van der Waals surface area (Å²) in [5.41, 5.74) is 6.47. The van der Waals surface area contributed by atoms with Crippen molar-refractivity contribution in [2.24, 2.45) is 5.73 Å². The van der Waals surface area contributed by atoms with Crippen LogP contribution >= 0.6 is 15.9 Å². The average Bonchev–Trinajstić information content (AvgIpc) is 2.32. The van der Waals surface area contributed by atoms with Crippen molar-refractivity contribution in [1.29, 1.82) is 0 Å². The van der Waals surface area contributed by atoms with Crippen molar-refractivity contribution in [3.05, 3.63) is 34.1 Å². The Morgan fingerprint density at radius 1 is 1.29 bits per heavy atom.